The van der Waals surface area contributed by atoms with Crippen LogP contribution in [0.3, 0.4) is 0 Å². The molecule has 0 bridgehead atoms. The summed E-state index contributed by atoms with van der Waals surface area (Å²) in [7, 11) is 0. The molecule has 0 spiro atoms. The quantitative estimate of drug-likeness (QED) is 0.374. The second-order valence-electron chi connectivity index (χ2n) is 8.22. The summed E-state index contributed by atoms with van der Waals surface area (Å²) in [4.78, 5) is 7.45. The number of rotatable bonds is 9. The number of unbranched alkanes of at least 4 members (excludes halogenated alkanes) is 1. The standard InChI is InChI=1S/C28H34N2S/c1-5-7-12-23-15-17-24(18-16-23)27-20-25(13-10-19-31)29-28(21(3)6-2)30(27)26-14-9-8-11-22(26)4/h8-9,11,14-20H,5-7,10,12-13H2,1-4H3. The Morgan fingerprint density at radius 2 is 1.77 bits per heavy atom. The number of hydrogen-bond donors (Lipinski definition) is 0. The van der Waals surface area contributed by atoms with E-state index < -0.39 is 0 Å². The van der Waals surface area contributed by atoms with Gasteiger partial charge in [0.2, 0.25) is 0 Å². The Labute approximate surface area is 193 Å². The second kappa shape index (κ2) is 11.2. The molecule has 0 aliphatic carbocycles. The van der Waals surface area contributed by atoms with Crippen LogP contribution in [0.4, 0.5) is 5.69 Å². The van der Waals surface area contributed by atoms with Crippen LogP contribution in [0.15, 0.2) is 71.0 Å². The number of thiocarbonyl (C=S) groups is 1. The molecule has 0 radical (unpaired) electrons. The summed E-state index contributed by atoms with van der Waals surface area (Å²) in [5.74, 6) is 1.05. The first-order chi connectivity index (χ1) is 15.1. The van der Waals surface area contributed by atoms with Crippen LogP contribution in [-0.4, -0.2) is 11.1 Å². The largest absolute Gasteiger partial charge is 0.294 e. The summed E-state index contributed by atoms with van der Waals surface area (Å²) in [6, 6.07) is 17.7. The van der Waals surface area contributed by atoms with Gasteiger partial charge in [0.15, 0.2) is 0 Å². The number of allylic oxidation sites excluding steroid dienone is 2. The van der Waals surface area contributed by atoms with E-state index in [0.29, 0.717) is 0 Å². The molecule has 0 unspecified atom stereocenters. The fraction of sp³-hybridized carbons (Fsp3) is 0.357. The van der Waals surface area contributed by atoms with Gasteiger partial charge in [-0.15, -0.1) is 0 Å². The van der Waals surface area contributed by atoms with Gasteiger partial charge in [-0.3, -0.25) is 4.90 Å². The number of aryl methyl sites for hydroxylation is 2. The van der Waals surface area contributed by atoms with Gasteiger partial charge in [-0.25, -0.2) is 4.99 Å². The van der Waals surface area contributed by atoms with Gasteiger partial charge in [0, 0.05) is 5.71 Å². The third-order valence-corrected chi connectivity index (χ3v) is 6.10. The number of para-hydroxylation sites is 1. The molecule has 0 saturated carbocycles. The van der Waals surface area contributed by atoms with Gasteiger partial charge in [-0.05, 0) is 85.7 Å². The molecule has 3 rings (SSSR count). The summed E-state index contributed by atoms with van der Waals surface area (Å²) in [5, 5.41) is 1.81. The highest BCUT2D eigenvalue weighted by molar-refractivity contribution is 7.78. The van der Waals surface area contributed by atoms with Gasteiger partial charge < -0.3 is 0 Å². The zero-order chi connectivity index (χ0) is 22.2. The van der Waals surface area contributed by atoms with E-state index in [2.05, 4.69) is 87.2 Å². The first-order valence-electron chi connectivity index (χ1n) is 11.5. The smallest absolute Gasteiger partial charge is 0.136 e. The van der Waals surface area contributed by atoms with Crippen molar-refractivity contribution in [1.29, 1.82) is 0 Å². The molecule has 0 fully saturated rings. The molecule has 162 valence electrons. The van der Waals surface area contributed by atoms with E-state index in [9.17, 15) is 0 Å². The fourth-order valence-electron chi connectivity index (χ4n) is 3.83. The molecule has 0 atom stereocenters. The molecule has 1 aliphatic heterocycles. The molecule has 2 nitrogen and oxygen atoms in total. The van der Waals surface area contributed by atoms with Gasteiger partial charge in [0.25, 0.3) is 0 Å². The average Bonchev–Trinajstić information content (AvgIpc) is 2.81. The van der Waals surface area contributed by atoms with E-state index >= 15 is 0 Å². The van der Waals surface area contributed by atoms with Crippen molar-refractivity contribution in [3.8, 4) is 0 Å². The highest BCUT2D eigenvalue weighted by Gasteiger charge is 2.25. The number of nitrogens with zero attached hydrogens (tertiary/aromatic N) is 2. The van der Waals surface area contributed by atoms with Crippen molar-refractivity contribution in [2.75, 3.05) is 4.90 Å². The molecule has 0 N–H and O–H groups in total. The molecule has 31 heavy (non-hydrogen) atoms. The number of benzene rings is 2. The maximum atomic E-state index is 5.10. The minimum absolute atomic E-state index is 0.858. The predicted molar refractivity (Wildman–Crippen MR) is 140 cm³/mol. The number of aliphatic imine (C=N–C) groups is 1. The van der Waals surface area contributed by atoms with Gasteiger partial charge in [-0.2, -0.15) is 0 Å². The summed E-state index contributed by atoms with van der Waals surface area (Å²) in [6.07, 6.45) is 8.52. The zero-order valence-corrected chi connectivity index (χ0v) is 20.1. The molecular formula is C28H34N2S. The van der Waals surface area contributed by atoms with Crippen LogP contribution in [-0.2, 0) is 6.42 Å². The zero-order valence-electron chi connectivity index (χ0n) is 19.3. The molecule has 1 aliphatic rings. The minimum atomic E-state index is 0.858. The Morgan fingerprint density at radius 1 is 1.03 bits per heavy atom. The van der Waals surface area contributed by atoms with Crippen LogP contribution in [0.25, 0.3) is 5.70 Å². The topological polar surface area (TPSA) is 15.6 Å². The number of anilines is 1. The highest BCUT2D eigenvalue weighted by Crippen LogP contribution is 2.37. The minimum Gasteiger partial charge on any atom is -0.294 e. The molecular weight excluding hydrogens is 396 g/mol. The summed E-state index contributed by atoms with van der Waals surface area (Å²) in [6.45, 7) is 8.81. The highest BCUT2D eigenvalue weighted by atomic mass is 32.1. The van der Waals surface area contributed by atoms with Crippen LogP contribution in [0.5, 0.6) is 0 Å². The van der Waals surface area contributed by atoms with E-state index in [1.807, 2.05) is 5.37 Å². The normalized spacial score (nSPS) is 15.4. The van der Waals surface area contributed by atoms with Crippen molar-refractivity contribution < 1.29 is 0 Å². The van der Waals surface area contributed by atoms with Crippen LogP contribution in [0.1, 0.15) is 69.6 Å². The Hall–Kier alpha value is -2.52. The van der Waals surface area contributed by atoms with Gasteiger partial charge >= 0.3 is 0 Å². The number of hydrogen-bond acceptors (Lipinski definition) is 3. The van der Waals surface area contributed by atoms with E-state index in [1.165, 1.54) is 46.5 Å². The lowest BCUT2D eigenvalue weighted by molar-refractivity contribution is 0.795. The van der Waals surface area contributed by atoms with Gasteiger partial charge in [-0.1, -0.05) is 75.0 Å². The third-order valence-electron chi connectivity index (χ3n) is 5.86. The maximum absolute atomic E-state index is 5.10. The Kier molecular flexibility index (Phi) is 8.36. The van der Waals surface area contributed by atoms with E-state index in [1.54, 1.807) is 0 Å². The van der Waals surface area contributed by atoms with Gasteiger partial charge in [0.1, 0.15) is 5.82 Å². The van der Waals surface area contributed by atoms with Crippen molar-refractivity contribution in [1.82, 2.24) is 0 Å². The molecule has 2 aromatic carbocycles. The molecule has 0 saturated heterocycles. The Bertz CT molecular complexity index is 996. The van der Waals surface area contributed by atoms with E-state index in [-0.39, 0.29) is 0 Å². The van der Waals surface area contributed by atoms with Crippen LogP contribution >= 0.6 is 12.2 Å². The van der Waals surface area contributed by atoms with E-state index in [4.69, 9.17) is 17.2 Å². The Balaban J connectivity index is 2.14. The van der Waals surface area contributed by atoms with Crippen molar-refractivity contribution in [2.45, 2.75) is 66.2 Å². The summed E-state index contributed by atoms with van der Waals surface area (Å²) >= 11 is 5.09. The molecule has 0 amide bonds. The lowest BCUT2D eigenvalue weighted by Crippen LogP contribution is -2.27. The van der Waals surface area contributed by atoms with Crippen LogP contribution in [0.2, 0.25) is 0 Å². The van der Waals surface area contributed by atoms with Crippen molar-refractivity contribution in [3.05, 3.63) is 82.7 Å². The molecule has 3 heteroatoms. The molecule has 1 heterocycles. The van der Waals surface area contributed by atoms with Gasteiger partial charge in [0.05, 0.1) is 11.4 Å². The van der Waals surface area contributed by atoms with Crippen molar-refractivity contribution in [2.24, 2.45) is 4.99 Å². The molecule has 2 aromatic rings. The summed E-state index contributed by atoms with van der Waals surface area (Å²) < 4.78 is 0. The lowest BCUT2D eigenvalue weighted by Gasteiger charge is -2.34. The first kappa shape index (κ1) is 23.1. The first-order valence-corrected chi connectivity index (χ1v) is 11.9. The second-order valence-corrected chi connectivity index (χ2v) is 8.55. The lowest BCUT2D eigenvalue weighted by atomic mass is 10.00. The SMILES string of the molecule is CCCCc1ccc(C2=CC(CCC=S)=NC(=C(C)CC)N2c2ccccc2C)cc1. The van der Waals surface area contributed by atoms with Crippen molar-refractivity contribution in [3.63, 3.8) is 0 Å². The Morgan fingerprint density at radius 3 is 2.42 bits per heavy atom. The maximum Gasteiger partial charge on any atom is 0.136 e. The monoisotopic (exact) mass is 430 g/mol. The fourth-order valence-corrected chi connectivity index (χ4v) is 3.95. The van der Waals surface area contributed by atoms with Crippen LogP contribution in [0, 0.1) is 6.92 Å². The van der Waals surface area contributed by atoms with Crippen LogP contribution < -0.4 is 4.90 Å². The summed E-state index contributed by atoms with van der Waals surface area (Å²) in [5.41, 5.74) is 8.62. The predicted octanol–water partition coefficient (Wildman–Crippen LogP) is 8.06. The molecule has 0 aromatic heterocycles. The average molecular weight is 431 g/mol. The third kappa shape index (κ3) is 5.59. The van der Waals surface area contributed by atoms with E-state index in [0.717, 1.165) is 37.2 Å². The van der Waals surface area contributed by atoms with Crippen molar-refractivity contribution >= 4 is 34.7 Å².